The van der Waals surface area contributed by atoms with Crippen molar-refractivity contribution in [3.05, 3.63) is 23.8 Å². The Labute approximate surface area is 138 Å². The highest BCUT2D eigenvalue weighted by atomic mass is 32.2. The van der Waals surface area contributed by atoms with Crippen LogP contribution in [0.3, 0.4) is 0 Å². The summed E-state index contributed by atoms with van der Waals surface area (Å²) in [6, 6.07) is 6.85. The summed E-state index contributed by atoms with van der Waals surface area (Å²) in [5.41, 5.74) is 8.11. The number of hydrogen-bond donors (Lipinski definition) is 2. The third kappa shape index (κ3) is 3.72. The first-order valence-electron chi connectivity index (χ1n) is 7.90. The Bertz CT molecular complexity index is 502. The molecule has 0 heterocycles. The average Bonchev–Trinajstić information content (AvgIpc) is 2.80. The van der Waals surface area contributed by atoms with Gasteiger partial charge in [-0.3, -0.25) is 0 Å². The fraction of sp³-hybridized carbons (Fsp3) is 0.588. The summed E-state index contributed by atoms with van der Waals surface area (Å²) >= 11 is 7.09. The van der Waals surface area contributed by atoms with Gasteiger partial charge in [-0.15, -0.1) is 11.8 Å². The highest BCUT2D eigenvalue weighted by Crippen LogP contribution is 2.37. The van der Waals surface area contributed by atoms with Crippen molar-refractivity contribution in [1.82, 2.24) is 0 Å². The molecule has 0 amide bonds. The number of rotatable bonds is 6. The molecular weight excluding hydrogens is 296 g/mol. The highest BCUT2D eigenvalue weighted by Gasteiger charge is 2.31. The molecule has 0 spiro atoms. The predicted molar refractivity (Wildman–Crippen MR) is 98.3 cm³/mol. The van der Waals surface area contributed by atoms with Gasteiger partial charge in [-0.2, -0.15) is 0 Å². The zero-order valence-corrected chi connectivity index (χ0v) is 14.8. The fourth-order valence-corrected chi connectivity index (χ4v) is 4.54. The molecule has 2 rings (SSSR count). The predicted octanol–water partition coefficient (Wildman–Crippen LogP) is 4.67. The number of hydrogen-bond acceptors (Lipinski definition) is 3. The van der Waals surface area contributed by atoms with Crippen molar-refractivity contribution in [1.29, 1.82) is 0 Å². The zero-order valence-electron chi connectivity index (χ0n) is 13.2. The van der Waals surface area contributed by atoms with E-state index < -0.39 is 0 Å². The molecule has 1 aromatic rings. The first kappa shape index (κ1) is 16.6. The van der Waals surface area contributed by atoms with Crippen LogP contribution in [-0.2, 0) is 0 Å². The molecule has 0 bridgehead atoms. The van der Waals surface area contributed by atoms with Crippen LogP contribution in [0, 0.1) is 11.8 Å². The quantitative estimate of drug-likeness (QED) is 0.589. The van der Waals surface area contributed by atoms with Gasteiger partial charge >= 0.3 is 0 Å². The van der Waals surface area contributed by atoms with E-state index in [-0.39, 0.29) is 0 Å². The summed E-state index contributed by atoms with van der Waals surface area (Å²) in [7, 11) is 0. The van der Waals surface area contributed by atoms with Crippen molar-refractivity contribution < 1.29 is 0 Å². The molecule has 116 valence electrons. The van der Waals surface area contributed by atoms with Gasteiger partial charge in [0.15, 0.2) is 0 Å². The smallest absolute Gasteiger partial charge is 0.107 e. The van der Waals surface area contributed by atoms with E-state index in [4.69, 9.17) is 18.0 Å². The standard InChI is InChI=1S/C17H26N2S2/c1-4-12-9-10-13(11(12)3)19-14-7-6-8-15(21-5-2)16(14)17(18)20/h6-8,11-13,19H,4-5,9-10H2,1-3H3,(H2,18,20). The maximum absolute atomic E-state index is 5.99. The largest absolute Gasteiger partial charge is 0.389 e. The van der Waals surface area contributed by atoms with Gasteiger partial charge in [-0.25, -0.2) is 0 Å². The lowest BCUT2D eigenvalue weighted by Crippen LogP contribution is -2.26. The topological polar surface area (TPSA) is 38.0 Å². The minimum absolute atomic E-state index is 0.492. The first-order valence-corrected chi connectivity index (χ1v) is 9.30. The minimum atomic E-state index is 0.492. The van der Waals surface area contributed by atoms with Crippen molar-refractivity contribution >= 4 is 34.7 Å². The monoisotopic (exact) mass is 322 g/mol. The fourth-order valence-electron chi connectivity index (χ4n) is 3.41. The summed E-state index contributed by atoms with van der Waals surface area (Å²) < 4.78 is 0. The van der Waals surface area contributed by atoms with Gasteiger partial charge in [-0.05, 0) is 42.6 Å². The lowest BCUT2D eigenvalue weighted by Gasteiger charge is -2.24. The molecule has 1 aliphatic rings. The Morgan fingerprint density at radius 2 is 2.14 bits per heavy atom. The van der Waals surface area contributed by atoms with Crippen molar-refractivity contribution in [3.8, 4) is 0 Å². The molecule has 21 heavy (non-hydrogen) atoms. The normalized spacial score (nSPS) is 25.0. The second kappa shape index (κ2) is 7.50. The third-order valence-electron chi connectivity index (χ3n) is 4.66. The number of anilines is 1. The maximum Gasteiger partial charge on any atom is 0.107 e. The van der Waals surface area contributed by atoms with Gasteiger partial charge in [0.2, 0.25) is 0 Å². The summed E-state index contributed by atoms with van der Waals surface area (Å²) in [5.74, 6) is 2.57. The number of thiocarbonyl (C=S) groups is 1. The molecule has 0 aliphatic heterocycles. The Hall–Kier alpha value is -0.740. The van der Waals surface area contributed by atoms with E-state index >= 15 is 0 Å². The maximum atomic E-state index is 5.99. The number of nitrogens with one attached hydrogen (secondary N) is 1. The van der Waals surface area contributed by atoms with Crippen LogP contribution in [0.4, 0.5) is 5.69 Å². The van der Waals surface area contributed by atoms with Crippen LogP contribution >= 0.6 is 24.0 Å². The summed E-state index contributed by atoms with van der Waals surface area (Å²) in [5, 5.41) is 3.72. The second-order valence-corrected chi connectivity index (χ2v) is 7.58. The van der Waals surface area contributed by atoms with Crippen LogP contribution in [0.15, 0.2) is 23.1 Å². The second-order valence-electron chi connectivity index (χ2n) is 5.83. The molecule has 2 nitrogen and oxygen atoms in total. The van der Waals surface area contributed by atoms with E-state index in [1.54, 1.807) is 11.8 Å². The van der Waals surface area contributed by atoms with Crippen molar-refractivity contribution in [3.63, 3.8) is 0 Å². The molecule has 0 saturated heterocycles. The van der Waals surface area contributed by atoms with Crippen LogP contribution in [0.5, 0.6) is 0 Å². The molecule has 1 fully saturated rings. The SMILES string of the molecule is CCSc1cccc(NC2CCC(CC)C2C)c1C(N)=S. The molecule has 0 radical (unpaired) electrons. The summed E-state index contributed by atoms with van der Waals surface area (Å²) in [6.07, 6.45) is 3.83. The molecular formula is C17H26N2S2. The first-order chi connectivity index (χ1) is 10.1. The zero-order chi connectivity index (χ0) is 15.4. The molecule has 1 aromatic carbocycles. The van der Waals surface area contributed by atoms with Gasteiger partial charge in [0, 0.05) is 22.2 Å². The van der Waals surface area contributed by atoms with Gasteiger partial charge in [0.25, 0.3) is 0 Å². The highest BCUT2D eigenvalue weighted by molar-refractivity contribution is 7.99. The molecule has 3 atom stereocenters. The molecule has 3 N–H and O–H groups in total. The Balaban J connectivity index is 2.24. The van der Waals surface area contributed by atoms with E-state index in [1.807, 2.05) is 0 Å². The van der Waals surface area contributed by atoms with Crippen LogP contribution in [-0.4, -0.2) is 16.8 Å². The number of benzene rings is 1. The molecule has 0 aromatic heterocycles. The van der Waals surface area contributed by atoms with Gasteiger partial charge < -0.3 is 11.1 Å². The molecule has 3 unspecified atom stereocenters. The molecule has 1 saturated carbocycles. The van der Waals surface area contributed by atoms with Crippen molar-refractivity contribution in [2.75, 3.05) is 11.1 Å². The van der Waals surface area contributed by atoms with E-state index in [9.17, 15) is 0 Å². The summed E-state index contributed by atoms with van der Waals surface area (Å²) in [4.78, 5) is 1.68. The van der Waals surface area contributed by atoms with Crippen LogP contribution in [0.1, 0.15) is 45.6 Å². The van der Waals surface area contributed by atoms with Crippen molar-refractivity contribution in [2.24, 2.45) is 17.6 Å². The Morgan fingerprint density at radius 1 is 1.38 bits per heavy atom. The third-order valence-corrected chi connectivity index (χ3v) is 5.81. The van der Waals surface area contributed by atoms with E-state index in [1.165, 1.54) is 24.2 Å². The lowest BCUT2D eigenvalue weighted by molar-refractivity contribution is 0.392. The molecule has 1 aliphatic carbocycles. The van der Waals surface area contributed by atoms with E-state index in [2.05, 4.69) is 44.3 Å². The average molecular weight is 323 g/mol. The van der Waals surface area contributed by atoms with Gasteiger partial charge in [0.05, 0.1) is 0 Å². The number of thioether (sulfide) groups is 1. The van der Waals surface area contributed by atoms with Crippen LogP contribution in [0.2, 0.25) is 0 Å². The van der Waals surface area contributed by atoms with Crippen LogP contribution < -0.4 is 11.1 Å². The minimum Gasteiger partial charge on any atom is -0.389 e. The molecule has 4 heteroatoms. The van der Waals surface area contributed by atoms with Crippen LogP contribution in [0.25, 0.3) is 0 Å². The van der Waals surface area contributed by atoms with Gasteiger partial charge in [0.1, 0.15) is 4.99 Å². The van der Waals surface area contributed by atoms with Crippen molar-refractivity contribution in [2.45, 2.75) is 51.0 Å². The van der Waals surface area contributed by atoms with E-state index in [0.29, 0.717) is 16.9 Å². The number of nitrogens with two attached hydrogens (primary N) is 1. The van der Waals surface area contributed by atoms with Gasteiger partial charge in [-0.1, -0.05) is 45.5 Å². The Morgan fingerprint density at radius 3 is 2.71 bits per heavy atom. The Kier molecular flexibility index (Phi) is 5.94. The lowest BCUT2D eigenvalue weighted by atomic mass is 9.93. The van der Waals surface area contributed by atoms with E-state index in [0.717, 1.165) is 22.9 Å². The summed E-state index contributed by atoms with van der Waals surface area (Å²) in [6.45, 7) is 6.81.